The van der Waals surface area contributed by atoms with Crippen LogP contribution in [0.2, 0.25) is 10.0 Å². The number of aliphatic hydroxyl groups is 1. The topological polar surface area (TPSA) is 92.7 Å². The van der Waals surface area contributed by atoms with Gasteiger partial charge in [-0.3, -0.25) is 9.63 Å². The number of hydrogen-bond acceptors (Lipinski definition) is 8. The maximum Gasteiger partial charge on any atom is 0.254 e. The summed E-state index contributed by atoms with van der Waals surface area (Å²) in [5.74, 6) is 0.998. The van der Waals surface area contributed by atoms with E-state index in [1.807, 2.05) is 19.0 Å². The number of carbonyl (C=O) groups is 1. The summed E-state index contributed by atoms with van der Waals surface area (Å²) in [7, 11) is 5.39. The van der Waals surface area contributed by atoms with Crippen LogP contribution in [0, 0.1) is 0 Å². The van der Waals surface area contributed by atoms with E-state index in [0.717, 1.165) is 0 Å². The normalized spacial score (nSPS) is 16.8. The highest BCUT2D eigenvalue weighted by Gasteiger charge is 2.27. The number of halogens is 2. The number of amides is 1. The lowest BCUT2D eigenvalue weighted by molar-refractivity contribution is -0.131. The second-order valence-corrected chi connectivity index (χ2v) is 9.15. The molecule has 0 spiro atoms. The van der Waals surface area contributed by atoms with Gasteiger partial charge in [-0.15, -0.1) is 0 Å². The minimum atomic E-state index is -0.879. The zero-order valence-electron chi connectivity index (χ0n) is 20.0. The smallest absolute Gasteiger partial charge is 0.254 e. The number of benzene rings is 2. The summed E-state index contributed by atoms with van der Waals surface area (Å²) in [6.45, 7) is 2.09. The molecule has 0 radical (unpaired) electrons. The van der Waals surface area contributed by atoms with E-state index in [0.29, 0.717) is 47.8 Å². The Morgan fingerprint density at radius 2 is 1.97 bits per heavy atom. The van der Waals surface area contributed by atoms with E-state index in [9.17, 15) is 9.90 Å². The molecule has 2 aromatic carbocycles. The molecule has 1 aliphatic heterocycles. The van der Waals surface area contributed by atoms with Gasteiger partial charge in [0.05, 0.1) is 23.7 Å². The predicted octanol–water partition coefficient (Wildman–Crippen LogP) is 2.73. The Labute approximate surface area is 215 Å². The molecule has 1 unspecified atom stereocenters. The van der Waals surface area contributed by atoms with Gasteiger partial charge in [-0.2, -0.15) is 5.06 Å². The highest BCUT2D eigenvalue weighted by atomic mass is 35.5. The van der Waals surface area contributed by atoms with Crippen molar-refractivity contribution in [1.29, 1.82) is 0 Å². The molecule has 9 nitrogen and oxygen atoms in total. The Morgan fingerprint density at radius 1 is 1.23 bits per heavy atom. The van der Waals surface area contributed by atoms with Crippen LogP contribution in [-0.2, 0) is 4.84 Å². The molecule has 0 aromatic heterocycles. The van der Waals surface area contributed by atoms with Crippen LogP contribution in [0.15, 0.2) is 36.4 Å². The largest absolute Gasteiger partial charge is 0.491 e. The van der Waals surface area contributed by atoms with Crippen molar-refractivity contribution in [2.24, 2.45) is 0 Å². The highest BCUT2D eigenvalue weighted by Crippen LogP contribution is 2.33. The number of nitrogens with zero attached hydrogens (tertiary/aromatic N) is 2. The summed E-state index contributed by atoms with van der Waals surface area (Å²) in [6, 6.07) is 10.2. The molecule has 1 heterocycles. The third-order valence-electron chi connectivity index (χ3n) is 5.11. The number of rotatable bonds is 12. The Bertz CT molecular complexity index is 976. The van der Waals surface area contributed by atoms with E-state index in [1.165, 1.54) is 13.1 Å². The van der Waals surface area contributed by atoms with Crippen molar-refractivity contribution in [3.63, 3.8) is 0 Å². The Kier molecular flexibility index (Phi) is 10.3. The lowest BCUT2D eigenvalue weighted by atomic mass is 10.1. The second-order valence-electron chi connectivity index (χ2n) is 8.31. The van der Waals surface area contributed by atoms with Crippen molar-refractivity contribution in [3.8, 4) is 17.2 Å². The molecule has 0 saturated carbocycles. The van der Waals surface area contributed by atoms with E-state index in [2.05, 4.69) is 5.32 Å². The summed E-state index contributed by atoms with van der Waals surface area (Å²) >= 11 is 12.2. The Morgan fingerprint density at radius 3 is 2.66 bits per heavy atom. The van der Waals surface area contributed by atoms with Gasteiger partial charge in [0.25, 0.3) is 5.91 Å². The monoisotopic (exact) mass is 527 g/mol. The molecule has 11 heteroatoms. The first kappa shape index (κ1) is 27.3. The third-order valence-corrected chi connectivity index (χ3v) is 5.66. The lowest BCUT2D eigenvalue weighted by Gasteiger charge is -2.20. The fourth-order valence-electron chi connectivity index (χ4n) is 3.31. The SMILES string of the molecule is CNC(=O)c1cc(Cl)c(OCCN(C)C)cc1OCC(O)CN1C[C@@H](Oc2ccc(Cl)cc2)CO1. The van der Waals surface area contributed by atoms with Crippen LogP contribution < -0.4 is 19.5 Å². The first-order valence-corrected chi connectivity index (χ1v) is 11.9. The van der Waals surface area contributed by atoms with Crippen LogP contribution in [0.5, 0.6) is 17.2 Å². The number of nitrogens with one attached hydrogen (secondary N) is 1. The van der Waals surface area contributed by atoms with Crippen molar-refractivity contribution in [2.45, 2.75) is 12.2 Å². The quantitative estimate of drug-likeness (QED) is 0.435. The molecule has 2 aromatic rings. The number of likely N-dealkylation sites (N-methyl/N-ethyl adjacent to an activating group) is 1. The van der Waals surface area contributed by atoms with Gasteiger partial charge >= 0.3 is 0 Å². The molecule has 1 amide bonds. The third kappa shape index (κ3) is 8.42. The van der Waals surface area contributed by atoms with Crippen molar-refractivity contribution in [1.82, 2.24) is 15.3 Å². The van der Waals surface area contributed by atoms with Crippen LogP contribution in [0.4, 0.5) is 0 Å². The summed E-state index contributed by atoms with van der Waals surface area (Å²) in [5, 5.41) is 15.7. The minimum absolute atomic E-state index is 0.0642. The summed E-state index contributed by atoms with van der Waals surface area (Å²) in [5.41, 5.74) is 0.249. The summed E-state index contributed by atoms with van der Waals surface area (Å²) in [6.07, 6.45) is -1.06. The summed E-state index contributed by atoms with van der Waals surface area (Å²) in [4.78, 5) is 19.9. The van der Waals surface area contributed by atoms with Crippen LogP contribution in [0.1, 0.15) is 10.4 Å². The first-order chi connectivity index (χ1) is 16.7. The fraction of sp³-hybridized carbons (Fsp3) is 0.458. The van der Waals surface area contributed by atoms with Crippen molar-refractivity contribution < 1.29 is 28.9 Å². The predicted molar refractivity (Wildman–Crippen MR) is 134 cm³/mol. The molecule has 2 N–H and O–H groups in total. The average Bonchev–Trinajstić information content (AvgIpc) is 3.26. The zero-order valence-corrected chi connectivity index (χ0v) is 21.5. The number of hydroxylamine groups is 2. The average molecular weight is 528 g/mol. The van der Waals surface area contributed by atoms with Crippen LogP contribution >= 0.6 is 23.2 Å². The standard InChI is InChI=1S/C24H31Cl2N3O6/c1-27-24(31)20-10-21(26)23(32-9-8-28(2)3)11-22(20)33-14-17(30)12-29-13-19(15-34-29)35-18-6-4-16(25)5-7-18/h4-7,10-11,17,19,30H,8-9,12-15H2,1-3H3,(H,27,31)/t17?,19-/m1/s1. The number of hydrogen-bond donors (Lipinski definition) is 2. The molecule has 1 aliphatic rings. The van der Waals surface area contributed by atoms with E-state index < -0.39 is 6.10 Å². The highest BCUT2D eigenvalue weighted by molar-refractivity contribution is 6.32. The maximum atomic E-state index is 12.3. The molecular weight excluding hydrogens is 497 g/mol. The van der Waals surface area contributed by atoms with Crippen molar-refractivity contribution in [3.05, 3.63) is 52.0 Å². The van der Waals surface area contributed by atoms with Gasteiger partial charge in [-0.05, 0) is 44.4 Å². The van der Waals surface area contributed by atoms with Crippen LogP contribution in [0.25, 0.3) is 0 Å². The summed E-state index contributed by atoms with van der Waals surface area (Å²) < 4.78 is 17.4. The van der Waals surface area contributed by atoms with Gasteiger partial charge in [0, 0.05) is 24.7 Å². The second kappa shape index (κ2) is 13.2. The van der Waals surface area contributed by atoms with Gasteiger partial charge in [-0.1, -0.05) is 23.2 Å². The van der Waals surface area contributed by atoms with E-state index in [4.69, 9.17) is 42.3 Å². The molecule has 2 atom stereocenters. The van der Waals surface area contributed by atoms with E-state index >= 15 is 0 Å². The zero-order chi connectivity index (χ0) is 25.4. The molecule has 35 heavy (non-hydrogen) atoms. The minimum Gasteiger partial charge on any atom is -0.491 e. The lowest BCUT2D eigenvalue weighted by Crippen LogP contribution is -2.35. The Balaban J connectivity index is 1.55. The molecular formula is C24H31Cl2N3O6. The van der Waals surface area contributed by atoms with Crippen LogP contribution in [-0.4, -0.2) is 93.8 Å². The van der Waals surface area contributed by atoms with Crippen molar-refractivity contribution in [2.75, 3.05) is 60.6 Å². The fourth-order valence-corrected chi connectivity index (χ4v) is 3.66. The van der Waals surface area contributed by atoms with Crippen LogP contribution in [0.3, 0.4) is 0 Å². The number of carbonyl (C=O) groups excluding carboxylic acids is 1. The number of β-amino-alcohol motifs (C(OH)–C–C–N with tert-alkyl or cyclic N) is 1. The van der Waals surface area contributed by atoms with Gasteiger partial charge in [0.1, 0.15) is 49.3 Å². The molecule has 3 rings (SSSR count). The first-order valence-electron chi connectivity index (χ1n) is 11.2. The maximum absolute atomic E-state index is 12.3. The Hall–Kier alpha value is -2.27. The molecule has 1 fully saturated rings. The number of ether oxygens (including phenoxy) is 3. The van der Waals surface area contributed by atoms with E-state index in [-0.39, 0.29) is 36.5 Å². The molecule has 1 saturated heterocycles. The van der Waals surface area contributed by atoms with Crippen molar-refractivity contribution >= 4 is 29.1 Å². The van der Waals surface area contributed by atoms with Gasteiger partial charge in [-0.25, -0.2) is 0 Å². The number of aliphatic hydroxyl groups excluding tert-OH is 1. The van der Waals surface area contributed by atoms with Gasteiger partial charge in [0.15, 0.2) is 0 Å². The molecule has 0 aliphatic carbocycles. The van der Waals surface area contributed by atoms with E-state index in [1.54, 1.807) is 35.4 Å². The molecule has 192 valence electrons. The molecule has 0 bridgehead atoms. The van der Waals surface area contributed by atoms with Gasteiger partial charge in [0.2, 0.25) is 0 Å². The van der Waals surface area contributed by atoms with Gasteiger partial charge < -0.3 is 29.5 Å².